The summed E-state index contributed by atoms with van der Waals surface area (Å²) < 4.78 is 17.4. The summed E-state index contributed by atoms with van der Waals surface area (Å²) >= 11 is 6.08. The first-order chi connectivity index (χ1) is 13.7. The normalized spacial score (nSPS) is 18.2. The first-order valence-electron chi connectivity index (χ1n) is 9.82. The number of methoxy groups -OCH3 is 1. The molecule has 156 valence electrons. The van der Waals surface area contributed by atoms with Crippen molar-refractivity contribution >= 4 is 17.5 Å². The summed E-state index contributed by atoms with van der Waals surface area (Å²) in [5.41, 5.74) is 1.44. The van der Waals surface area contributed by atoms with E-state index in [1.807, 2.05) is 52.0 Å². The molecule has 0 unspecified atom stereocenters. The molecule has 6 heteroatoms. The van der Waals surface area contributed by atoms with E-state index >= 15 is 0 Å². The number of carbonyl (C=O) groups excluding carboxylic acids is 1. The van der Waals surface area contributed by atoms with Gasteiger partial charge >= 0.3 is 0 Å². The zero-order valence-electron chi connectivity index (χ0n) is 17.5. The molecule has 0 spiro atoms. The number of carbonyl (C=O) groups is 1. The smallest absolute Gasteiger partial charge is 0.261 e. The maximum absolute atomic E-state index is 13.0. The maximum Gasteiger partial charge on any atom is 0.261 e. The Morgan fingerprint density at radius 2 is 2.00 bits per heavy atom. The van der Waals surface area contributed by atoms with E-state index in [0.717, 1.165) is 22.6 Å². The second kappa shape index (κ2) is 8.54. The molecule has 0 aliphatic carbocycles. The summed E-state index contributed by atoms with van der Waals surface area (Å²) in [6.07, 6.45) is 0.618. The fraction of sp³-hybridized carbons (Fsp3) is 0.435. The van der Waals surface area contributed by atoms with Gasteiger partial charge < -0.3 is 19.5 Å². The Bertz CT molecular complexity index is 896. The van der Waals surface area contributed by atoms with E-state index in [9.17, 15) is 4.79 Å². The average molecular weight is 418 g/mol. The lowest BCUT2D eigenvalue weighted by Gasteiger charge is -2.38. The highest BCUT2D eigenvalue weighted by molar-refractivity contribution is 6.31. The molecule has 1 N–H and O–H groups in total. The van der Waals surface area contributed by atoms with Crippen LogP contribution in [0.25, 0.3) is 0 Å². The second-order valence-corrected chi connectivity index (χ2v) is 8.36. The molecule has 5 nitrogen and oxygen atoms in total. The summed E-state index contributed by atoms with van der Waals surface area (Å²) in [6, 6.07) is 10.9. The van der Waals surface area contributed by atoms with Crippen LogP contribution >= 0.6 is 11.6 Å². The number of benzene rings is 2. The van der Waals surface area contributed by atoms with Gasteiger partial charge in [-0.2, -0.15) is 0 Å². The Balaban J connectivity index is 1.78. The predicted molar refractivity (Wildman–Crippen MR) is 114 cm³/mol. The number of fused-ring (bicyclic) bond motifs is 1. The summed E-state index contributed by atoms with van der Waals surface area (Å²) in [4.78, 5) is 13.0. The third-order valence-corrected chi connectivity index (χ3v) is 5.49. The first-order valence-corrected chi connectivity index (χ1v) is 10.2. The van der Waals surface area contributed by atoms with Gasteiger partial charge in [0.1, 0.15) is 22.8 Å². The molecule has 1 heterocycles. The van der Waals surface area contributed by atoms with Gasteiger partial charge in [-0.25, -0.2) is 0 Å². The fourth-order valence-corrected chi connectivity index (χ4v) is 3.65. The molecule has 2 aromatic rings. The van der Waals surface area contributed by atoms with Crippen molar-refractivity contribution in [2.75, 3.05) is 7.11 Å². The second-order valence-electron chi connectivity index (χ2n) is 7.96. The molecule has 0 aromatic heterocycles. The maximum atomic E-state index is 13.0. The minimum Gasteiger partial charge on any atom is -0.497 e. The molecule has 0 fully saturated rings. The monoisotopic (exact) mass is 417 g/mol. The van der Waals surface area contributed by atoms with Crippen LogP contribution in [0.2, 0.25) is 5.02 Å². The van der Waals surface area contributed by atoms with Crippen molar-refractivity contribution in [2.24, 2.45) is 0 Å². The van der Waals surface area contributed by atoms with E-state index in [1.54, 1.807) is 19.2 Å². The number of hydrogen-bond acceptors (Lipinski definition) is 4. The number of amides is 1. The van der Waals surface area contributed by atoms with Gasteiger partial charge in [0.05, 0.1) is 13.2 Å². The number of hydrogen-bond donors (Lipinski definition) is 1. The van der Waals surface area contributed by atoms with Gasteiger partial charge in [0, 0.05) is 23.1 Å². The van der Waals surface area contributed by atoms with Crippen LogP contribution in [0.5, 0.6) is 17.2 Å². The molecule has 29 heavy (non-hydrogen) atoms. The summed E-state index contributed by atoms with van der Waals surface area (Å²) in [7, 11) is 1.62. The van der Waals surface area contributed by atoms with Crippen molar-refractivity contribution in [3.05, 3.63) is 52.5 Å². The van der Waals surface area contributed by atoms with Crippen molar-refractivity contribution < 1.29 is 19.0 Å². The van der Waals surface area contributed by atoms with Gasteiger partial charge in [0.25, 0.3) is 5.91 Å². The summed E-state index contributed by atoms with van der Waals surface area (Å²) in [5, 5.41) is 3.83. The van der Waals surface area contributed by atoms with Gasteiger partial charge in [-0.1, -0.05) is 18.5 Å². The largest absolute Gasteiger partial charge is 0.497 e. The van der Waals surface area contributed by atoms with Crippen LogP contribution < -0.4 is 19.5 Å². The van der Waals surface area contributed by atoms with Gasteiger partial charge in [-0.15, -0.1) is 0 Å². The van der Waals surface area contributed by atoms with Crippen LogP contribution in [0, 0.1) is 6.92 Å². The third-order valence-electron chi connectivity index (χ3n) is 5.07. The van der Waals surface area contributed by atoms with E-state index < -0.39 is 11.7 Å². The van der Waals surface area contributed by atoms with Crippen LogP contribution in [0.1, 0.15) is 50.8 Å². The lowest BCUT2D eigenvalue weighted by Crippen LogP contribution is -2.45. The zero-order chi connectivity index (χ0) is 21.2. The number of halogens is 1. The lowest BCUT2D eigenvalue weighted by atomic mass is 9.89. The van der Waals surface area contributed by atoms with E-state index in [4.69, 9.17) is 25.8 Å². The van der Waals surface area contributed by atoms with Gasteiger partial charge in [0.15, 0.2) is 6.10 Å². The highest BCUT2D eigenvalue weighted by Crippen LogP contribution is 2.41. The molecular formula is C23H28ClNO4. The number of aryl methyl sites for hydroxylation is 1. The highest BCUT2D eigenvalue weighted by Gasteiger charge is 2.36. The van der Waals surface area contributed by atoms with Crippen LogP contribution in [-0.4, -0.2) is 24.7 Å². The Morgan fingerprint density at radius 1 is 1.28 bits per heavy atom. The molecule has 0 radical (unpaired) electrons. The SMILES string of the molecule is CC[C@@H](Oc1ccc(Cl)c(C)c1)C(=O)N[C@H]1CC(C)(C)Oc2cc(OC)ccc21. The van der Waals surface area contributed by atoms with E-state index in [-0.39, 0.29) is 11.9 Å². The van der Waals surface area contributed by atoms with Crippen molar-refractivity contribution in [1.29, 1.82) is 0 Å². The van der Waals surface area contributed by atoms with Crippen molar-refractivity contribution in [3.63, 3.8) is 0 Å². The van der Waals surface area contributed by atoms with Crippen LogP contribution in [-0.2, 0) is 4.79 Å². The molecule has 1 aliphatic heterocycles. The molecular weight excluding hydrogens is 390 g/mol. The Hall–Kier alpha value is -2.40. The minimum atomic E-state index is -0.594. The summed E-state index contributed by atoms with van der Waals surface area (Å²) in [5.74, 6) is 1.93. The topological polar surface area (TPSA) is 56.8 Å². The number of rotatable bonds is 6. The predicted octanol–water partition coefficient (Wildman–Crippen LogP) is 5.23. The molecule has 0 bridgehead atoms. The first kappa shape index (κ1) is 21.3. The fourth-order valence-electron chi connectivity index (χ4n) is 3.53. The summed E-state index contributed by atoms with van der Waals surface area (Å²) in [6.45, 7) is 7.86. The zero-order valence-corrected chi connectivity index (χ0v) is 18.3. The highest BCUT2D eigenvalue weighted by atomic mass is 35.5. The quantitative estimate of drug-likeness (QED) is 0.698. The molecule has 0 saturated heterocycles. The standard InChI is InChI=1S/C23H28ClNO4/c1-6-20(28-16-8-10-18(24)14(2)11-16)22(26)25-19-13-23(3,4)29-21-12-15(27-5)7-9-17(19)21/h7-12,19-20H,6,13H2,1-5H3,(H,25,26)/t19-,20+/m0/s1. The minimum absolute atomic E-state index is 0.149. The van der Waals surface area contributed by atoms with Gasteiger partial charge in [-0.05, 0) is 63.1 Å². The average Bonchev–Trinajstić information content (AvgIpc) is 2.67. The van der Waals surface area contributed by atoms with E-state index in [2.05, 4.69) is 5.32 Å². The van der Waals surface area contributed by atoms with Crippen molar-refractivity contribution in [1.82, 2.24) is 5.32 Å². The van der Waals surface area contributed by atoms with Gasteiger partial charge in [-0.3, -0.25) is 4.79 Å². The number of ether oxygens (including phenoxy) is 3. The molecule has 2 aromatic carbocycles. The Kier molecular flexibility index (Phi) is 6.27. The Morgan fingerprint density at radius 3 is 2.66 bits per heavy atom. The molecule has 3 rings (SSSR count). The van der Waals surface area contributed by atoms with E-state index in [1.165, 1.54) is 0 Å². The molecule has 1 aliphatic rings. The van der Waals surface area contributed by atoms with Gasteiger partial charge in [0.2, 0.25) is 0 Å². The van der Waals surface area contributed by atoms with Crippen LogP contribution in [0.15, 0.2) is 36.4 Å². The van der Waals surface area contributed by atoms with Crippen LogP contribution in [0.4, 0.5) is 0 Å². The Labute approximate surface area is 177 Å². The van der Waals surface area contributed by atoms with E-state index in [0.29, 0.717) is 23.6 Å². The third kappa shape index (κ3) is 4.96. The molecule has 1 amide bonds. The molecule has 2 atom stereocenters. The van der Waals surface area contributed by atoms with Crippen molar-refractivity contribution in [3.8, 4) is 17.2 Å². The van der Waals surface area contributed by atoms with Crippen molar-refractivity contribution in [2.45, 2.75) is 58.3 Å². The van der Waals surface area contributed by atoms with Crippen LogP contribution in [0.3, 0.4) is 0 Å². The lowest BCUT2D eigenvalue weighted by molar-refractivity contribution is -0.129. The molecule has 0 saturated carbocycles. The number of nitrogens with one attached hydrogen (secondary N) is 1.